The summed E-state index contributed by atoms with van der Waals surface area (Å²) in [6, 6.07) is 5.50. The van der Waals surface area contributed by atoms with E-state index in [4.69, 9.17) is 14.9 Å². The molecule has 2 aromatic rings. The SMILES string of the molecule is O=C(O)c1cc(Oc2cccc(O)c2C(=O)O)cc(=O)o1. The maximum Gasteiger partial charge on any atom is 0.372 e. The number of phenols is 1. The molecule has 2 rings (SSSR count). The van der Waals surface area contributed by atoms with Crippen molar-refractivity contribution >= 4 is 11.9 Å². The van der Waals surface area contributed by atoms with Crippen molar-refractivity contribution in [1.82, 2.24) is 0 Å². The highest BCUT2D eigenvalue weighted by Gasteiger charge is 2.18. The van der Waals surface area contributed by atoms with Crippen molar-refractivity contribution in [3.05, 3.63) is 52.1 Å². The highest BCUT2D eigenvalue weighted by molar-refractivity contribution is 5.94. The van der Waals surface area contributed by atoms with Crippen molar-refractivity contribution in [1.29, 1.82) is 0 Å². The number of carboxylic acids is 2. The third kappa shape index (κ3) is 3.00. The van der Waals surface area contributed by atoms with Gasteiger partial charge in [-0.15, -0.1) is 0 Å². The number of ether oxygens (including phenoxy) is 1. The highest BCUT2D eigenvalue weighted by Crippen LogP contribution is 2.31. The highest BCUT2D eigenvalue weighted by atomic mass is 16.5. The van der Waals surface area contributed by atoms with Gasteiger partial charge in [0, 0.05) is 6.07 Å². The molecule has 0 radical (unpaired) electrons. The molecule has 8 heteroatoms. The molecular formula is C13H8O8. The largest absolute Gasteiger partial charge is 0.507 e. The molecule has 0 spiro atoms. The molecule has 0 atom stereocenters. The summed E-state index contributed by atoms with van der Waals surface area (Å²) in [6.45, 7) is 0. The Hall–Kier alpha value is -3.29. The van der Waals surface area contributed by atoms with Gasteiger partial charge in [-0.3, -0.25) is 0 Å². The number of aromatic carboxylic acids is 2. The van der Waals surface area contributed by atoms with Crippen LogP contribution in [0, 0.1) is 0 Å². The zero-order valence-electron chi connectivity index (χ0n) is 10.3. The molecule has 0 aliphatic rings. The van der Waals surface area contributed by atoms with Gasteiger partial charge in [0.2, 0.25) is 5.76 Å². The lowest BCUT2D eigenvalue weighted by Gasteiger charge is -2.09. The Kier molecular flexibility index (Phi) is 3.61. The second-order valence-corrected chi connectivity index (χ2v) is 3.84. The normalized spacial score (nSPS) is 10.1. The standard InChI is InChI=1S/C13H8O8/c14-7-2-1-3-8(11(7)13(18)19)20-6-4-9(12(16)17)21-10(15)5-6/h1-5,14H,(H,16,17)(H,18,19). The predicted molar refractivity (Wildman–Crippen MR) is 67.1 cm³/mol. The lowest BCUT2D eigenvalue weighted by Crippen LogP contribution is -2.06. The molecule has 0 bridgehead atoms. The molecule has 0 unspecified atom stereocenters. The first-order valence-electron chi connectivity index (χ1n) is 5.50. The molecule has 0 saturated heterocycles. The van der Waals surface area contributed by atoms with E-state index in [-0.39, 0.29) is 11.5 Å². The quantitative estimate of drug-likeness (QED) is 0.772. The van der Waals surface area contributed by atoms with Crippen LogP contribution in [0.3, 0.4) is 0 Å². The second kappa shape index (κ2) is 5.37. The van der Waals surface area contributed by atoms with E-state index in [2.05, 4.69) is 4.42 Å². The zero-order valence-corrected chi connectivity index (χ0v) is 10.3. The molecule has 108 valence electrons. The topological polar surface area (TPSA) is 134 Å². The molecule has 8 nitrogen and oxygen atoms in total. The predicted octanol–water partition coefficient (Wildman–Crippen LogP) is 1.53. The van der Waals surface area contributed by atoms with Gasteiger partial charge in [-0.25, -0.2) is 14.4 Å². The summed E-state index contributed by atoms with van der Waals surface area (Å²) in [5.41, 5.74) is -1.48. The Morgan fingerprint density at radius 1 is 1.10 bits per heavy atom. The molecule has 0 amide bonds. The van der Waals surface area contributed by atoms with E-state index >= 15 is 0 Å². The summed E-state index contributed by atoms with van der Waals surface area (Å²) in [7, 11) is 0. The molecule has 0 fully saturated rings. The summed E-state index contributed by atoms with van der Waals surface area (Å²) in [6.07, 6.45) is 0. The fourth-order valence-electron chi connectivity index (χ4n) is 1.57. The number of hydrogen-bond donors (Lipinski definition) is 3. The Morgan fingerprint density at radius 2 is 1.81 bits per heavy atom. The minimum atomic E-state index is -1.48. The van der Waals surface area contributed by atoms with Crippen molar-refractivity contribution in [3.8, 4) is 17.2 Å². The van der Waals surface area contributed by atoms with Crippen LogP contribution in [0.4, 0.5) is 0 Å². The Bertz CT molecular complexity index is 774. The van der Waals surface area contributed by atoms with E-state index in [1.54, 1.807) is 0 Å². The van der Waals surface area contributed by atoms with E-state index in [9.17, 15) is 19.5 Å². The molecule has 0 aliphatic carbocycles. The average Bonchev–Trinajstić information content (AvgIpc) is 2.37. The number of aromatic hydroxyl groups is 1. The summed E-state index contributed by atoms with van der Waals surface area (Å²) >= 11 is 0. The molecule has 3 N–H and O–H groups in total. The van der Waals surface area contributed by atoms with Crippen LogP contribution in [-0.4, -0.2) is 27.3 Å². The first kappa shape index (κ1) is 14.1. The molecule has 1 aromatic heterocycles. The zero-order chi connectivity index (χ0) is 15.6. The molecule has 0 saturated carbocycles. The van der Waals surface area contributed by atoms with E-state index in [0.29, 0.717) is 0 Å². The molecule has 0 aliphatic heterocycles. The van der Waals surface area contributed by atoms with E-state index in [1.165, 1.54) is 12.1 Å². The van der Waals surface area contributed by atoms with Gasteiger partial charge in [-0.2, -0.15) is 0 Å². The van der Waals surface area contributed by atoms with Gasteiger partial charge in [0.25, 0.3) is 0 Å². The molecular weight excluding hydrogens is 284 g/mol. The van der Waals surface area contributed by atoms with Crippen molar-refractivity contribution < 1.29 is 34.1 Å². The fourth-order valence-corrected chi connectivity index (χ4v) is 1.57. The molecule has 21 heavy (non-hydrogen) atoms. The van der Waals surface area contributed by atoms with Gasteiger partial charge < -0.3 is 24.5 Å². The number of benzene rings is 1. The summed E-state index contributed by atoms with van der Waals surface area (Å²) in [4.78, 5) is 33.0. The lowest BCUT2D eigenvalue weighted by atomic mass is 10.2. The molecule has 1 heterocycles. The van der Waals surface area contributed by atoms with Crippen molar-refractivity contribution in [2.45, 2.75) is 0 Å². The van der Waals surface area contributed by atoms with Crippen molar-refractivity contribution in [2.24, 2.45) is 0 Å². The maximum absolute atomic E-state index is 11.2. The minimum Gasteiger partial charge on any atom is -0.507 e. The Balaban J connectivity index is 2.48. The number of hydrogen-bond acceptors (Lipinski definition) is 6. The summed E-state index contributed by atoms with van der Waals surface area (Å²) in [5.74, 6) is -4.58. The van der Waals surface area contributed by atoms with Crippen LogP contribution in [0.25, 0.3) is 0 Å². The Labute approximate surface area is 116 Å². The molecule has 1 aromatic carbocycles. The first-order valence-corrected chi connectivity index (χ1v) is 5.50. The number of carboxylic acid groups (broad SMARTS) is 2. The van der Waals surface area contributed by atoms with Crippen LogP contribution in [-0.2, 0) is 0 Å². The van der Waals surface area contributed by atoms with E-state index < -0.39 is 34.6 Å². The van der Waals surface area contributed by atoms with Gasteiger partial charge in [-0.1, -0.05) is 6.07 Å². The monoisotopic (exact) mass is 292 g/mol. The Morgan fingerprint density at radius 3 is 2.43 bits per heavy atom. The van der Waals surface area contributed by atoms with Gasteiger partial charge in [-0.05, 0) is 12.1 Å². The summed E-state index contributed by atoms with van der Waals surface area (Å²) in [5, 5.41) is 27.3. The number of rotatable bonds is 4. The minimum absolute atomic E-state index is 0.225. The number of carbonyl (C=O) groups is 2. The van der Waals surface area contributed by atoms with Crippen molar-refractivity contribution in [2.75, 3.05) is 0 Å². The third-order valence-electron chi connectivity index (χ3n) is 2.40. The van der Waals surface area contributed by atoms with Gasteiger partial charge in [0.1, 0.15) is 22.8 Å². The average molecular weight is 292 g/mol. The first-order chi connectivity index (χ1) is 9.88. The maximum atomic E-state index is 11.2. The van der Waals surface area contributed by atoms with Gasteiger partial charge in [0.15, 0.2) is 0 Å². The van der Waals surface area contributed by atoms with Crippen molar-refractivity contribution in [3.63, 3.8) is 0 Å². The van der Waals surface area contributed by atoms with Crippen LogP contribution >= 0.6 is 0 Å². The van der Waals surface area contributed by atoms with Gasteiger partial charge >= 0.3 is 17.6 Å². The van der Waals surface area contributed by atoms with Crippen LogP contribution in [0.2, 0.25) is 0 Å². The fraction of sp³-hybridized carbons (Fsp3) is 0. The smallest absolute Gasteiger partial charge is 0.372 e. The van der Waals surface area contributed by atoms with Crippen LogP contribution in [0.5, 0.6) is 17.2 Å². The third-order valence-corrected chi connectivity index (χ3v) is 2.40. The lowest BCUT2D eigenvalue weighted by molar-refractivity contribution is 0.0652. The van der Waals surface area contributed by atoms with Gasteiger partial charge in [0.05, 0.1) is 6.07 Å². The van der Waals surface area contributed by atoms with E-state index in [0.717, 1.165) is 18.2 Å². The van der Waals surface area contributed by atoms with Crippen LogP contribution in [0.15, 0.2) is 39.5 Å². The van der Waals surface area contributed by atoms with Crippen LogP contribution < -0.4 is 10.4 Å². The van der Waals surface area contributed by atoms with E-state index in [1.807, 2.05) is 0 Å². The summed E-state index contributed by atoms with van der Waals surface area (Å²) < 4.78 is 9.58. The van der Waals surface area contributed by atoms with Crippen LogP contribution in [0.1, 0.15) is 20.9 Å². The second-order valence-electron chi connectivity index (χ2n) is 3.84.